The summed E-state index contributed by atoms with van der Waals surface area (Å²) in [7, 11) is 0. The number of aryl methyl sites for hydroxylation is 1. The number of aliphatic carboxylic acids is 1. The summed E-state index contributed by atoms with van der Waals surface area (Å²) in [5.41, 5.74) is 9.42. The minimum atomic E-state index is -1.06. The van der Waals surface area contributed by atoms with Crippen LogP contribution in [0.25, 0.3) is 46.4 Å². The van der Waals surface area contributed by atoms with Gasteiger partial charge in [-0.15, -0.1) is 0 Å². The first kappa shape index (κ1) is 28.7. The minimum Gasteiger partial charge on any atom is -0.550 e. The molecule has 39 heavy (non-hydrogen) atoms. The fourth-order valence-corrected chi connectivity index (χ4v) is 5.20. The van der Waals surface area contributed by atoms with Crippen molar-refractivity contribution in [2.75, 3.05) is 0 Å². The van der Waals surface area contributed by atoms with Gasteiger partial charge in [0, 0.05) is 33.6 Å². The van der Waals surface area contributed by atoms with Crippen molar-refractivity contribution in [2.45, 2.75) is 71.1 Å². The zero-order chi connectivity index (χ0) is 26.3. The number of fused-ring (bicyclic) bond motifs is 8. The molecule has 2 N–H and O–H groups in total. The Morgan fingerprint density at radius 1 is 0.718 bits per heavy atom. The zero-order valence-corrected chi connectivity index (χ0v) is 23.1. The molecule has 0 atom stereocenters. The maximum absolute atomic E-state index is 11.2. The van der Waals surface area contributed by atoms with Crippen molar-refractivity contribution < 1.29 is 28.8 Å². The fraction of sp³-hybridized carbons (Fsp3) is 0.344. The summed E-state index contributed by atoms with van der Waals surface area (Å²) in [6.07, 6.45) is 18.4. The van der Waals surface area contributed by atoms with Gasteiger partial charge in [0.1, 0.15) is 0 Å². The maximum Gasteiger partial charge on any atom is 1.00 e. The van der Waals surface area contributed by atoms with Crippen LogP contribution in [0.2, 0.25) is 0 Å². The largest absolute Gasteiger partial charge is 1.00 e. The molecular weight excluding hydrogens is 479 g/mol. The molecule has 3 aromatic rings. The Labute approximate surface area is 241 Å². The number of nitrogens with zero attached hydrogens (tertiary/aromatic N) is 2. The van der Waals surface area contributed by atoms with Crippen molar-refractivity contribution in [2.24, 2.45) is 0 Å². The number of carboxylic acids is 1. The zero-order valence-electron chi connectivity index (χ0n) is 23.1. The average molecular weight is 515 g/mol. The second-order valence-corrected chi connectivity index (χ2v) is 10.2. The summed E-state index contributed by atoms with van der Waals surface area (Å²) in [4.78, 5) is 28.0. The van der Waals surface area contributed by atoms with Crippen molar-refractivity contribution in [1.29, 1.82) is 0 Å². The molecule has 0 fully saturated rings. The molecule has 0 aromatic carbocycles. The van der Waals surface area contributed by atoms with Gasteiger partial charge in [-0.1, -0.05) is 45.4 Å². The van der Waals surface area contributed by atoms with Crippen LogP contribution in [0.5, 0.6) is 0 Å². The van der Waals surface area contributed by atoms with Crippen LogP contribution in [0.15, 0.2) is 36.4 Å². The quantitative estimate of drug-likeness (QED) is 0.208. The summed E-state index contributed by atoms with van der Waals surface area (Å²) in [5, 5.41) is 11.2. The van der Waals surface area contributed by atoms with Crippen LogP contribution >= 0.6 is 0 Å². The molecule has 8 bridgehead atoms. The molecule has 0 saturated heterocycles. The molecule has 0 unspecified atom stereocenters. The van der Waals surface area contributed by atoms with Crippen LogP contribution < -0.4 is 24.0 Å². The predicted molar refractivity (Wildman–Crippen MR) is 154 cm³/mol. The fourth-order valence-electron chi connectivity index (χ4n) is 5.20. The molecule has 0 saturated carbocycles. The molecule has 2 aliphatic rings. The Balaban J connectivity index is 0.00000353. The number of hydrogen-bond acceptors (Lipinski definition) is 4. The first-order valence-electron chi connectivity index (χ1n) is 13.9. The van der Waals surface area contributed by atoms with Crippen LogP contribution in [0, 0.1) is 0 Å². The number of carboxylic acid groups (broad SMARTS) is 1. The summed E-state index contributed by atoms with van der Waals surface area (Å²) < 4.78 is 0. The third-order valence-corrected chi connectivity index (χ3v) is 7.22. The number of carbonyl (C=O) groups is 1. The van der Waals surface area contributed by atoms with Crippen molar-refractivity contribution in [3.05, 3.63) is 70.3 Å². The molecule has 0 aliphatic carbocycles. The van der Waals surface area contributed by atoms with Gasteiger partial charge >= 0.3 is 18.9 Å². The number of unbranched alkanes of at least 4 members (excludes halogenated alkanes) is 6. The summed E-state index contributed by atoms with van der Waals surface area (Å²) in [6.45, 7) is 2.25. The Morgan fingerprint density at radius 3 is 1.79 bits per heavy atom. The number of aromatic amines is 2. The molecule has 6 nitrogen and oxygen atoms in total. The van der Waals surface area contributed by atoms with Crippen LogP contribution in [0.1, 0.15) is 92.2 Å². The molecular formula is C32H35LiN4O2. The van der Waals surface area contributed by atoms with Gasteiger partial charge in [-0.3, -0.25) is 0 Å². The van der Waals surface area contributed by atoms with Crippen molar-refractivity contribution in [3.8, 4) is 0 Å². The molecule has 0 spiro atoms. The molecule has 5 rings (SSSR count). The molecule has 5 heterocycles. The number of carbonyl (C=O) groups excluding carboxylic acids is 1. The van der Waals surface area contributed by atoms with Crippen molar-refractivity contribution >= 4 is 52.3 Å². The van der Waals surface area contributed by atoms with Crippen LogP contribution in [0.4, 0.5) is 0 Å². The smallest absolute Gasteiger partial charge is 0.550 e. The molecule has 196 valence electrons. The summed E-state index contributed by atoms with van der Waals surface area (Å²) in [6, 6.07) is 12.0. The number of rotatable bonds is 11. The standard InChI is InChI=1S/C32H36N4O2.Li/c1-2-3-4-5-6-7-8-9-26-28-15-10-22(33-28)20-24-12-17-30(35-24)27(14-19-32(37)38)31-18-13-25(36-31)21-23-11-16-29(26)34-23;/h10-13,15-18,20-21,35-36H,2-9,14,19H2,1H3,(H,37,38);/q;+1/p-1. The second kappa shape index (κ2) is 13.6. The number of H-pyrrole nitrogens is 2. The molecule has 0 amide bonds. The van der Waals surface area contributed by atoms with E-state index in [1.807, 2.05) is 48.6 Å². The van der Waals surface area contributed by atoms with Crippen LogP contribution in [-0.4, -0.2) is 25.9 Å². The van der Waals surface area contributed by atoms with Gasteiger partial charge in [-0.25, -0.2) is 9.97 Å². The maximum atomic E-state index is 11.2. The third-order valence-electron chi connectivity index (χ3n) is 7.22. The van der Waals surface area contributed by atoms with E-state index in [1.165, 1.54) is 44.1 Å². The Morgan fingerprint density at radius 2 is 1.26 bits per heavy atom. The van der Waals surface area contributed by atoms with Crippen molar-refractivity contribution in [3.63, 3.8) is 0 Å². The second-order valence-electron chi connectivity index (χ2n) is 10.2. The first-order chi connectivity index (χ1) is 18.6. The van der Waals surface area contributed by atoms with E-state index in [1.54, 1.807) is 0 Å². The Bertz CT molecular complexity index is 1440. The van der Waals surface area contributed by atoms with E-state index < -0.39 is 5.97 Å². The number of aromatic nitrogens is 4. The van der Waals surface area contributed by atoms with E-state index in [4.69, 9.17) is 9.97 Å². The summed E-state index contributed by atoms with van der Waals surface area (Å²) in [5.74, 6) is -1.06. The molecule has 3 aromatic heterocycles. The average Bonchev–Trinajstić information content (AvgIpc) is 3.70. The molecule has 2 aliphatic heterocycles. The topological polar surface area (TPSA) is 97.5 Å². The van der Waals surface area contributed by atoms with Crippen LogP contribution in [0.3, 0.4) is 0 Å². The van der Waals surface area contributed by atoms with Gasteiger partial charge in [-0.05, 0) is 91.9 Å². The first-order valence-corrected chi connectivity index (χ1v) is 13.9. The van der Waals surface area contributed by atoms with E-state index in [0.29, 0.717) is 6.42 Å². The third kappa shape index (κ3) is 7.41. The predicted octanol–water partition coefficient (Wildman–Crippen LogP) is 3.64. The normalized spacial score (nSPS) is 12.0. The molecule has 0 radical (unpaired) electrons. The summed E-state index contributed by atoms with van der Waals surface area (Å²) >= 11 is 0. The van der Waals surface area contributed by atoms with Gasteiger partial charge in [0.05, 0.1) is 22.8 Å². The monoisotopic (exact) mass is 514 g/mol. The minimum absolute atomic E-state index is 0. The van der Waals surface area contributed by atoms with E-state index in [-0.39, 0.29) is 25.3 Å². The van der Waals surface area contributed by atoms with Gasteiger partial charge < -0.3 is 19.9 Å². The van der Waals surface area contributed by atoms with E-state index >= 15 is 0 Å². The Hall–Kier alpha value is -3.33. The number of hydrogen-bond donors (Lipinski definition) is 2. The van der Waals surface area contributed by atoms with E-state index in [2.05, 4.69) is 29.0 Å². The van der Waals surface area contributed by atoms with Gasteiger partial charge in [0.15, 0.2) is 0 Å². The van der Waals surface area contributed by atoms with Gasteiger partial charge in [0.2, 0.25) is 0 Å². The Kier molecular flexibility index (Phi) is 10.0. The van der Waals surface area contributed by atoms with E-state index in [0.717, 1.165) is 63.2 Å². The van der Waals surface area contributed by atoms with Gasteiger partial charge in [0.25, 0.3) is 0 Å². The van der Waals surface area contributed by atoms with Gasteiger partial charge in [-0.2, -0.15) is 0 Å². The molecule has 7 heteroatoms. The van der Waals surface area contributed by atoms with Crippen molar-refractivity contribution in [1.82, 2.24) is 19.9 Å². The SMILES string of the molecule is CCCCCCCCCc1c2nc(cc3ccc([nH]3)c(CCC(=O)[O-])c3ccc(cc4nc1C=C4)[nH]3)C=C2.[Li+]. The van der Waals surface area contributed by atoms with Crippen LogP contribution in [-0.2, 0) is 17.6 Å². The van der Waals surface area contributed by atoms with E-state index in [9.17, 15) is 9.90 Å². The number of nitrogens with one attached hydrogen (secondary N) is 2.